The molecule has 1 heterocycles. The summed E-state index contributed by atoms with van der Waals surface area (Å²) in [5, 5.41) is 1.88. The highest BCUT2D eigenvalue weighted by Crippen LogP contribution is 2.19. The average Bonchev–Trinajstić information content (AvgIpc) is 2.86. The average molecular weight is 496 g/mol. The van der Waals surface area contributed by atoms with Crippen LogP contribution in [0.5, 0.6) is 0 Å². The summed E-state index contributed by atoms with van der Waals surface area (Å²) >= 11 is 0. The highest BCUT2D eigenvalue weighted by atomic mass is 16.7. The molecule has 4 N–H and O–H groups in total. The number of benzene rings is 1. The predicted molar refractivity (Wildman–Crippen MR) is 142 cm³/mol. The molecule has 0 aromatic heterocycles. The summed E-state index contributed by atoms with van der Waals surface area (Å²) in [4.78, 5) is 42.1. The highest BCUT2D eigenvalue weighted by molar-refractivity contribution is 5.79. The number of nitrogens with zero attached hydrogens (tertiary/aromatic N) is 3. The van der Waals surface area contributed by atoms with Crippen LogP contribution in [0.1, 0.15) is 46.6 Å². The van der Waals surface area contributed by atoms with Gasteiger partial charge in [0, 0.05) is 19.0 Å². The summed E-state index contributed by atoms with van der Waals surface area (Å²) < 4.78 is 0. The standard InChI is InChI=1S/C21H33N3O3.C3H9N.CH5N.CH2O/c1-16(2)12-23-13-20(22(5)14-21(23)26)24(17(3)4)27-19(15-25)11-18-9-7-6-8-10-18;1-2-3-4;2*1-2/h6-10,15-17,19-20H,11-14H2,1-5H3;2-4H2,1H3;2H2,1H3;1H2. The Labute approximate surface area is 212 Å². The fourth-order valence-electron chi connectivity index (χ4n) is 3.40. The molecule has 0 saturated carbocycles. The summed E-state index contributed by atoms with van der Waals surface area (Å²) in [6.07, 6.45) is 1.85. The van der Waals surface area contributed by atoms with Gasteiger partial charge >= 0.3 is 0 Å². The topological polar surface area (TPSA) is 122 Å². The van der Waals surface area contributed by atoms with Crippen LogP contribution in [0.25, 0.3) is 0 Å². The first kappa shape index (κ1) is 35.0. The largest absolute Gasteiger partial charge is 0.338 e. The number of carbonyl (C=O) groups is 3. The Kier molecular flexibility index (Phi) is 21.1. The molecule has 1 aromatic carbocycles. The third-order valence-corrected chi connectivity index (χ3v) is 5.00. The van der Waals surface area contributed by atoms with E-state index in [-0.39, 0.29) is 18.1 Å². The molecule has 202 valence electrons. The molecule has 9 heteroatoms. The second-order valence-electron chi connectivity index (χ2n) is 8.80. The summed E-state index contributed by atoms with van der Waals surface area (Å²) in [6, 6.07) is 9.94. The van der Waals surface area contributed by atoms with Gasteiger partial charge in [0.25, 0.3) is 0 Å². The molecular weight excluding hydrogens is 446 g/mol. The normalized spacial score (nSPS) is 16.5. The molecule has 1 amide bonds. The third-order valence-electron chi connectivity index (χ3n) is 5.00. The van der Waals surface area contributed by atoms with Gasteiger partial charge in [0.05, 0.1) is 13.1 Å². The van der Waals surface area contributed by atoms with Gasteiger partial charge in [-0.25, -0.2) is 0 Å². The van der Waals surface area contributed by atoms with Gasteiger partial charge in [0.2, 0.25) is 5.91 Å². The van der Waals surface area contributed by atoms with Gasteiger partial charge in [-0.15, -0.1) is 0 Å². The molecule has 1 aliphatic rings. The lowest BCUT2D eigenvalue weighted by Crippen LogP contribution is -2.63. The Morgan fingerprint density at radius 3 is 2.14 bits per heavy atom. The quantitative estimate of drug-likeness (QED) is 0.373. The maximum Gasteiger partial charge on any atom is 0.236 e. The highest BCUT2D eigenvalue weighted by Gasteiger charge is 2.36. The fourth-order valence-corrected chi connectivity index (χ4v) is 3.40. The van der Waals surface area contributed by atoms with E-state index < -0.39 is 6.10 Å². The van der Waals surface area contributed by atoms with E-state index in [4.69, 9.17) is 15.4 Å². The van der Waals surface area contributed by atoms with E-state index in [1.54, 1.807) is 0 Å². The van der Waals surface area contributed by atoms with Gasteiger partial charge in [-0.1, -0.05) is 51.1 Å². The number of hydrogen-bond donors (Lipinski definition) is 2. The third kappa shape index (κ3) is 14.1. The summed E-state index contributed by atoms with van der Waals surface area (Å²) in [5.74, 6) is 0.551. The molecule has 1 fully saturated rings. The number of rotatable bonds is 10. The second kappa shape index (κ2) is 21.1. The van der Waals surface area contributed by atoms with Crippen molar-refractivity contribution in [3.05, 3.63) is 35.9 Å². The Bertz CT molecular complexity index is 658. The molecule has 2 atom stereocenters. The van der Waals surface area contributed by atoms with Crippen molar-refractivity contribution >= 4 is 19.0 Å². The van der Waals surface area contributed by atoms with Crippen molar-refractivity contribution in [2.45, 2.75) is 65.8 Å². The zero-order chi connectivity index (χ0) is 27.4. The van der Waals surface area contributed by atoms with Crippen LogP contribution in [0.15, 0.2) is 30.3 Å². The van der Waals surface area contributed by atoms with Crippen molar-refractivity contribution in [3.63, 3.8) is 0 Å². The van der Waals surface area contributed by atoms with Crippen LogP contribution in [0, 0.1) is 5.92 Å². The van der Waals surface area contributed by atoms with Gasteiger partial charge in [-0.05, 0) is 52.4 Å². The number of nitrogens with two attached hydrogens (primary N) is 2. The SMILES string of the molecule is C=O.CC(C)CN1CC(N(OC(C=O)Cc2ccccc2)C(C)C)N(C)CC1=O.CCCN.CN. The number of amides is 1. The Hall–Kier alpha value is -2.17. The lowest BCUT2D eigenvalue weighted by Gasteiger charge is -2.46. The van der Waals surface area contributed by atoms with E-state index in [0.717, 1.165) is 31.4 Å². The Balaban J connectivity index is 0. The summed E-state index contributed by atoms with van der Waals surface area (Å²) in [6.45, 7) is 14.8. The van der Waals surface area contributed by atoms with E-state index in [9.17, 15) is 9.59 Å². The number of carbonyl (C=O) groups excluding carboxylic acids is 3. The molecule has 35 heavy (non-hydrogen) atoms. The van der Waals surface area contributed by atoms with Crippen molar-refractivity contribution in [2.75, 3.05) is 40.3 Å². The van der Waals surface area contributed by atoms with Gasteiger partial charge in [0.1, 0.15) is 19.1 Å². The lowest BCUT2D eigenvalue weighted by molar-refractivity contribution is -0.261. The number of aldehydes is 1. The Morgan fingerprint density at radius 2 is 1.71 bits per heavy atom. The molecular formula is C26H49N5O4. The maximum absolute atomic E-state index is 12.4. The molecule has 2 rings (SSSR count). The monoisotopic (exact) mass is 495 g/mol. The van der Waals surface area contributed by atoms with Gasteiger partial charge in [-0.3, -0.25) is 14.5 Å². The number of piperazine rings is 1. The number of hydrogen-bond acceptors (Lipinski definition) is 8. The predicted octanol–water partition coefficient (Wildman–Crippen LogP) is 1.94. The van der Waals surface area contributed by atoms with Crippen LogP contribution < -0.4 is 11.5 Å². The molecule has 0 radical (unpaired) electrons. The van der Waals surface area contributed by atoms with Gasteiger partial charge in [-0.2, -0.15) is 5.06 Å². The van der Waals surface area contributed by atoms with Crippen LogP contribution in [0.3, 0.4) is 0 Å². The van der Waals surface area contributed by atoms with E-state index in [0.29, 0.717) is 25.4 Å². The van der Waals surface area contributed by atoms with Crippen LogP contribution in [-0.2, 0) is 25.6 Å². The zero-order valence-electron chi connectivity index (χ0n) is 22.9. The van der Waals surface area contributed by atoms with Crippen LogP contribution in [-0.4, -0.2) is 92.4 Å². The minimum absolute atomic E-state index is 0.0739. The van der Waals surface area contributed by atoms with Crippen molar-refractivity contribution < 1.29 is 19.2 Å². The first-order valence-electron chi connectivity index (χ1n) is 12.2. The first-order valence-corrected chi connectivity index (χ1v) is 12.2. The first-order chi connectivity index (χ1) is 16.7. The maximum atomic E-state index is 12.4. The zero-order valence-corrected chi connectivity index (χ0v) is 22.9. The van der Waals surface area contributed by atoms with Crippen LogP contribution >= 0.6 is 0 Å². The molecule has 0 spiro atoms. The van der Waals surface area contributed by atoms with E-state index >= 15 is 0 Å². The molecule has 9 nitrogen and oxygen atoms in total. The van der Waals surface area contributed by atoms with Gasteiger partial charge < -0.3 is 26.0 Å². The molecule has 0 aliphatic carbocycles. The molecule has 0 bridgehead atoms. The number of hydroxylamine groups is 2. The minimum Gasteiger partial charge on any atom is -0.338 e. The molecule has 2 unspecified atom stereocenters. The van der Waals surface area contributed by atoms with Crippen molar-refractivity contribution in [2.24, 2.45) is 17.4 Å². The molecule has 1 saturated heterocycles. The summed E-state index contributed by atoms with van der Waals surface area (Å²) in [7, 11) is 3.43. The molecule has 1 aliphatic heterocycles. The second-order valence-corrected chi connectivity index (χ2v) is 8.80. The van der Waals surface area contributed by atoms with E-state index in [1.807, 2.05) is 72.9 Å². The Morgan fingerprint density at radius 1 is 1.17 bits per heavy atom. The van der Waals surface area contributed by atoms with Crippen LogP contribution in [0.2, 0.25) is 0 Å². The fraction of sp³-hybridized carbons (Fsp3) is 0.654. The smallest absolute Gasteiger partial charge is 0.236 e. The van der Waals surface area contributed by atoms with Crippen molar-refractivity contribution in [1.82, 2.24) is 14.9 Å². The lowest BCUT2D eigenvalue weighted by atomic mass is 10.1. The van der Waals surface area contributed by atoms with Crippen LogP contribution in [0.4, 0.5) is 0 Å². The summed E-state index contributed by atoms with van der Waals surface area (Å²) in [5.41, 5.74) is 10.6. The van der Waals surface area contributed by atoms with Crippen molar-refractivity contribution in [1.29, 1.82) is 0 Å². The van der Waals surface area contributed by atoms with Gasteiger partial charge in [0.15, 0.2) is 6.29 Å². The molecule has 1 aromatic rings. The van der Waals surface area contributed by atoms with E-state index in [2.05, 4.69) is 26.5 Å². The number of likely N-dealkylation sites (N-methyl/N-ethyl adjacent to an activating group) is 1. The van der Waals surface area contributed by atoms with E-state index in [1.165, 1.54) is 7.05 Å². The minimum atomic E-state index is -0.556. The van der Waals surface area contributed by atoms with Crippen molar-refractivity contribution in [3.8, 4) is 0 Å².